The second-order valence-corrected chi connectivity index (χ2v) is 2.27. The van der Waals surface area contributed by atoms with E-state index in [1.54, 1.807) is 0 Å². The van der Waals surface area contributed by atoms with Gasteiger partial charge in [0.25, 0.3) is 0 Å². The van der Waals surface area contributed by atoms with E-state index in [1.165, 1.54) is 0 Å². The zero-order valence-electron chi connectivity index (χ0n) is 8.60. The van der Waals surface area contributed by atoms with Crippen LogP contribution in [0.4, 0.5) is 0 Å². The van der Waals surface area contributed by atoms with E-state index in [1.807, 2.05) is 0 Å². The quantitative estimate of drug-likeness (QED) is 0.233. The van der Waals surface area contributed by atoms with Gasteiger partial charge in [0, 0.05) is 0 Å². The summed E-state index contributed by atoms with van der Waals surface area (Å²) in [6, 6.07) is 0. The Balaban J connectivity index is -0.00000000762. The first kappa shape index (κ1) is 65.8. The van der Waals surface area contributed by atoms with E-state index in [4.69, 9.17) is 37.3 Å². The van der Waals surface area contributed by atoms with Crippen molar-refractivity contribution in [3.05, 3.63) is 0 Å². The summed E-state index contributed by atoms with van der Waals surface area (Å²) in [5.41, 5.74) is 0. The van der Waals surface area contributed by atoms with Gasteiger partial charge in [0.15, 0.2) is 0 Å². The van der Waals surface area contributed by atoms with E-state index in [0.717, 1.165) is 0 Å². The fraction of sp³-hybridized carbons (Fsp3) is 0. The Hall–Kier alpha value is 0.526. The molecule has 0 rings (SSSR count). The molecular formula is H18Cl2CoN6O8. The van der Waals surface area contributed by atoms with E-state index in [9.17, 15) is 0 Å². The molecule has 0 saturated carbocycles. The Kier molecular flexibility index (Phi) is 98.3. The van der Waals surface area contributed by atoms with Crippen molar-refractivity contribution >= 4 is 0 Å². The van der Waals surface area contributed by atoms with Crippen LogP contribution in [-0.2, 0) is 16.8 Å². The molecule has 14 nitrogen and oxygen atoms in total. The van der Waals surface area contributed by atoms with Gasteiger partial charge in [0.05, 0.1) is 0 Å². The second-order valence-electron chi connectivity index (χ2n) is 0.756. The van der Waals surface area contributed by atoms with Crippen molar-refractivity contribution in [3.8, 4) is 0 Å². The predicted octanol–water partition coefficient (Wildman–Crippen LogP) is -8.54. The van der Waals surface area contributed by atoms with E-state index in [0.29, 0.717) is 0 Å². The van der Waals surface area contributed by atoms with Gasteiger partial charge in [-0.3, -0.25) is 0 Å². The third-order valence-electron chi connectivity index (χ3n) is 0. The summed E-state index contributed by atoms with van der Waals surface area (Å²) in [4.78, 5) is 0. The van der Waals surface area contributed by atoms with Crippen molar-refractivity contribution in [3.63, 3.8) is 0 Å². The van der Waals surface area contributed by atoms with Gasteiger partial charge in [0.2, 0.25) is 0 Å². The van der Waals surface area contributed by atoms with Gasteiger partial charge in [-0.15, -0.1) is 20.5 Å². The van der Waals surface area contributed by atoms with Crippen LogP contribution >= 0.6 is 0 Å². The first-order chi connectivity index (χ1) is 4.00. The minimum Gasteiger partial charge on any atom is -0.344 e. The van der Waals surface area contributed by atoms with Crippen molar-refractivity contribution in [2.75, 3.05) is 0 Å². The molecule has 0 aliphatic heterocycles. The molecule has 0 bridgehead atoms. The van der Waals surface area contributed by atoms with Crippen LogP contribution in [0.25, 0.3) is 0 Å². The van der Waals surface area contributed by atoms with Gasteiger partial charge < -0.3 is 36.9 Å². The summed E-state index contributed by atoms with van der Waals surface area (Å²) in [5.74, 6) is 0. The van der Waals surface area contributed by atoms with Gasteiger partial charge in [-0.1, -0.05) is 0 Å². The van der Waals surface area contributed by atoms with Crippen molar-refractivity contribution in [2.45, 2.75) is 0 Å². The van der Waals surface area contributed by atoms with Gasteiger partial charge in [0.1, 0.15) is 0 Å². The van der Waals surface area contributed by atoms with Crippen molar-refractivity contribution in [1.82, 2.24) is 36.9 Å². The summed E-state index contributed by atoms with van der Waals surface area (Å²) < 4.78 is 67.9. The molecule has 0 saturated heterocycles. The van der Waals surface area contributed by atoms with Crippen LogP contribution < -0.4 is 74.2 Å². The summed E-state index contributed by atoms with van der Waals surface area (Å²) >= 11 is 0. The summed E-state index contributed by atoms with van der Waals surface area (Å²) in [5, 5.41) is 0. The minimum atomic E-state index is -4.94. The molecule has 0 amide bonds. The maximum atomic E-state index is 8.49. The smallest absolute Gasteiger partial charge is 0.344 e. The monoisotopic (exact) mass is 359 g/mol. The zero-order valence-corrected chi connectivity index (χ0v) is 11.2. The molecule has 0 aromatic rings. The summed E-state index contributed by atoms with van der Waals surface area (Å²) in [6.45, 7) is 0. The molecule has 17 heteroatoms. The van der Waals surface area contributed by atoms with Gasteiger partial charge >= 0.3 is 16.8 Å². The molecule has 119 valence electrons. The average molecular weight is 360 g/mol. The van der Waals surface area contributed by atoms with Gasteiger partial charge in [-0.05, 0) is 0 Å². The molecule has 0 aromatic heterocycles. The number of rotatable bonds is 0. The van der Waals surface area contributed by atoms with Crippen LogP contribution in [0.5, 0.6) is 0 Å². The van der Waals surface area contributed by atoms with Crippen LogP contribution in [0.3, 0.4) is 0 Å². The third kappa shape index (κ3) is 12600. The molecule has 0 aliphatic rings. The molecule has 0 spiro atoms. The molecule has 18 N–H and O–H groups in total. The topological polar surface area (TPSA) is 394 Å². The molecule has 1 radical (unpaired) electrons. The Bertz CT molecular complexity index is 71.0. The molecule has 0 unspecified atom stereocenters. The van der Waals surface area contributed by atoms with E-state index < -0.39 is 20.5 Å². The van der Waals surface area contributed by atoms with Crippen molar-refractivity contribution in [2.24, 2.45) is 0 Å². The van der Waals surface area contributed by atoms with Crippen molar-refractivity contribution < 1.29 is 74.5 Å². The Morgan fingerprint density at radius 1 is 0.353 bits per heavy atom. The Morgan fingerprint density at radius 2 is 0.353 bits per heavy atom. The molecule has 0 atom stereocenters. The Labute approximate surface area is 112 Å². The van der Waals surface area contributed by atoms with Crippen LogP contribution in [0.15, 0.2) is 0 Å². The first-order valence-electron chi connectivity index (χ1n) is 1.23. The predicted molar refractivity (Wildman–Crippen MR) is 30.1 cm³/mol. The number of hydrogen-bond donors (Lipinski definition) is 6. The maximum Gasteiger partial charge on any atom is 2.00 e. The number of halogens is 2. The zero-order chi connectivity index (χ0) is 9.00. The summed E-state index contributed by atoms with van der Waals surface area (Å²) in [6.07, 6.45) is 0. The van der Waals surface area contributed by atoms with E-state index in [-0.39, 0.29) is 53.7 Å². The standard InChI is InChI=1S/2ClHO4.Co.6H3N/c2*2-1(3,4)5;;;;;;;/h2*(H,2,3,4,5);;6*1H3/q;;+2;;;;;;/p-2. The normalized spacial score (nSPS) is 7.06. The van der Waals surface area contributed by atoms with Crippen LogP contribution in [0.1, 0.15) is 0 Å². The molecule has 0 aromatic carbocycles. The summed E-state index contributed by atoms with van der Waals surface area (Å²) in [7, 11) is -9.89. The fourth-order valence-electron chi connectivity index (χ4n) is 0. The van der Waals surface area contributed by atoms with Gasteiger partial charge in [-0.25, -0.2) is 37.3 Å². The minimum absolute atomic E-state index is 0. The molecular weight excluding hydrogens is 342 g/mol. The fourth-order valence-corrected chi connectivity index (χ4v) is 0. The van der Waals surface area contributed by atoms with Crippen LogP contribution in [0, 0.1) is 20.5 Å². The second kappa shape index (κ2) is 25.4. The maximum absolute atomic E-state index is 8.49. The van der Waals surface area contributed by atoms with Crippen molar-refractivity contribution in [1.29, 1.82) is 0 Å². The third-order valence-corrected chi connectivity index (χ3v) is 0. The van der Waals surface area contributed by atoms with Gasteiger partial charge in [-0.2, -0.15) is 0 Å². The largest absolute Gasteiger partial charge is 2.00 e. The molecule has 0 heterocycles. The average Bonchev–Trinajstić information content (AvgIpc) is 1.12. The molecule has 17 heavy (non-hydrogen) atoms. The van der Waals surface area contributed by atoms with Crippen LogP contribution in [-0.4, -0.2) is 0 Å². The van der Waals surface area contributed by atoms with E-state index >= 15 is 0 Å². The molecule has 0 fully saturated rings. The number of hydrogen-bond acceptors (Lipinski definition) is 14. The van der Waals surface area contributed by atoms with Crippen LogP contribution in [0.2, 0.25) is 0 Å². The first-order valence-corrected chi connectivity index (χ1v) is 3.70. The molecule has 0 aliphatic carbocycles. The Morgan fingerprint density at radius 3 is 0.353 bits per heavy atom. The SMILES string of the molecule is N.N.N.N.N.N.[Co+2].[O-][Cl+3]([O-])([O-])[O-].[O-][Cl+3]([O-])([O-])[O-]. The van der Waals surface area contributed by atoms with E-state index in [2.05, 4.69) is 0 Å².